The van der Waals surface area contributed by atoms with E-state index < -0.39 is 0 Å². The molecule has 0 bridgehead atoms. The van der Waals surface area contributed by atoms with Crippen molar-refractivity contribution in [2.24, 2.45) is 0 Å². The molecule has 3 nitrogen and oxygen atoms in total. The first-order valence-corrected chi connectivity index (χ1v) is 5.08. The van der Waals surface area contributed by atoms with Crippen LogP contribution in [0.5, 0.6) is 0 Å². The first kappa shape index (κ1) is 11.4. The zero-order valence-corrected chi connectivity index (χ0v) is 8.85. The van der Waals surface area contributed by atoms with Crippen LogP contribution in [0.25, 0.3) is 6.08 Å². The van der Waals surface area contributed by atoms with E-state index in [4.69, 9.17) is 4.74 Å². The summed E-state index contributed by atoms with van der Waals surface area (Å²) in [5.41, 5.74) is 0.893. The van der Waals surface area contributed by atoms with Crippen LogP contribution in [0.4, 0.5) is 0 Å². The largest absolute Gasteiger partial charge is 0.463 e. The first-order chi connectivity index (χ1) is 7.33. The van der Waals surface area contributed by atoms with Crippen molar-refractivity contribution in [2.75, 3.05) is 6.61 Å². The zero-order valence-electron chi connectivity index (χ0n) is 8.85. The fourth-order valence-corrected chi connectivity index (χ4v) is 1.00. The van der Waals surface area contributed by atoms with Gasteiger partial charge in [0.15, 0.2) is 0 Å². The number of carbonyl (C=O) groups excluding carboxylic acids is 1. The Labute approximate surface area is 89.8 Å². The van der Waals surface area contributed by atoms with Crippen LogP contribution in [0.3, 0.4) is 0 Å². The van der Waals surface area contributed by atoms with Crippen LogP contribution in [0.1, 0.15) is 25.3 Å². The molecular formula is C12H15NO2. The predicted molar refractivity (Wildman–Crippen MR) is 59.1 cm³/mol. The Bertz CT molecular complexity index is 320. The second-order valence-electron chi connectivity index (χ2n) is 3.14. The number of rotatable bonds is 5. The molecule has 0 spiro atoms. The molecule has 0 aromatic carbocycles. The Hall–Kier alpha value is -1.64. The number of ether oxygens (including phenoxy) is 1. The fraction of sp³-hybridized carbons (Fsp3) is 0.333. The molecule has 0 atom stereocenters. The minimum atomic E-state index is -0.299. The van der Waals surface area contributed by atoms with Gasteiger partial charge in [0.25, 0.3) is 0 Å². The number of pyridine rings is 1. The molecule has 0 N–H and O–H groups in total. The van der Waals surface area contributed by atoms with Crippen molar-refractivity contribution in [1.29, 1.82) is 0 Å². The highest BCUT2D eigenvalue weighted by Crippen LogP contribution is 1.99. The Morgan fingerprint density at radius 2 is 2.47 bits per heavy atom. The van der Waals surface area contributed by atoms with Crippen molar-refractivity contribution >= 4 is 12.0 Å². The summed E-state index contributed by atoms with van der Waals surface area (Å²) in [6.45, 7) is 2.55. The van der Waals surface area contributed by atoms with Crippen molar-refractivity contribution < 1.29 is 9.53 Å². The van der Waals surface area contributed by atoms with Crippen molar-refractivity contribution in [2.45, 2.75) is 19.8 Å². The van der Waals surface area contributed by atoms with Gasteiger partial charge >= 0.3 is 5.97 Å². The highest BCUT2D eigenvalue weighted by atomic mass is 16.5. The average molecular weight is 205 g/mol. The van der Waals surface area contributed by atoms with Crippen LogP contribution in [0.2, 0.25) is 0 Å². The molecule has 1 heterocycles. The van der Waals surface area contributed by atoms with Crippen LogP contribution >= 0.6 is 0 Å². The molecule has 0 aliphatic heterocycles. The van der Waals surface area contributed by atoms with E-state index in [1.165, 1.54) is 6.08 Å². The van der Waals surface area contributed by atoms with Crippen molar-refractivity contribution in [3.63, 3.8) is 0 Å². The van der Waals surface area contributed by atoms with Crippen LogP contribution in [0.15, 0.2) is 30.6 Å². The highest BCUT2D eigenvalue weighted by Gasteiger charge is 1.95. The number of aromatic nitrogens is 1. The van der Waals surface area contributed by atoms with Gasteiger partial charge in [-0.1, -0.05) is 19.4 Å². The molecule has 0 saturated heterocycles. The second kappa shape index (κ2) is 6.76. The Kier molecular flexibility index (Phi) is 5.15. The molecule has 1 rings (SSSR count). The number of esters is 1. The van der Waals surface area contributed by atoms with Gasteiger partial charge in [-0.25, -0.2) is 4.79 Å². The van der Waals surface area contributed by atoms with E-state index in [1.54, 1.807) is 18.5 Å². The van der Waals surface area contributed by atoms with Gasteiger partial charge in [-0.2, -0.15) is 0 Å². The maximum Gasteiger partial charge on any atom is 0.330 e. The Balaban J connectivity index is 2.34. The van der Waals surface area contributed by atoms with Crippen LogP contribution in [-0.2, 0) is 9.53 Å². The molecule has 15 heavy (non-hydrogen) atoms. The summed E-state index contributed by atoms with van der Waals surface area (Å²) in [4.78, 5) is 15.1. The predicted octanol–water partition coefficient (Wildman–Crippen LogP) is 2.44. The summed E-state index contributed by atoms with van der Waals surface area (Å²) in [6.07, 6.45) is 8.44. The molecular weight excluding hydrogens is 190 g/mol. The summed E-state index contributed by atoms with van der Waals surface area (Å²) in [5.74, 6) is -0.299. The van der Waals surface area contributed by atoms with Crippen LogP contribution in [0, 0.1) is 0 Å². The van der Waals surface area contributed by atoms with Gasteiger partial charge < -0.3 is 4.74 Å². The minimum Gasteiger partial charge on any atom is -0.463 e. The van der Waals surface area contributed by atoms with E-state index in [0.717, 1.165) is 18.4 Å². The highest BCUT2D eigenvalue weighted by molar-refractivity contribution is 5.86. The topological polar surface area (TPSA) is 39.2 Å². The number of carbonyl (C=O) groups is 1. The quantitative estimate of drug-likeness (QED) is 0.421. The number of unbranched alkanes of at least 4 members (excludes halogenated alkanes) is 1. The van der Waals surface area contributed by atoms with Crippen LogP contribution in [-0.4, -0.2) is 17.6 Å². The zero-order chi connectivity index (χ0) is 10.9. The minimum absolute atomic E-state index is 0.299. The van der Waals surface area contributed by atoms with E-state index >= 15 is 0 Å². The maximum absolute atomic E-state index is 11.2. The van der Waals surface area contributed by atoms with E-state index in [1.807, 2.05) is 12.1 Å². The Morgan fingerprint density at radius 1 is 1.60 bits per heavy atom. The van der Waals surface area contributed by atoms with E-state index in [-0.39, 0.29) is 5.97 Å². The second-order valence-corrected chi connectivity index (χ2v) is 3.14. The summed E-state index contributed by atoms with van der Waals surface area (Å²) >= 11 is 0. The number of hydrogen-bond donors (Lipinski definition) is 0. The van der Waals surface area contributed by atoms with Crippen molar-refractivity contribution in [3.05, 3.63) is 36.2 Å². The molecule has 0 amide bonds. The van der Waals surface area contributed by atoms with Gasteiger partial charge in [0, 0.05) is 18.5 Å². The number of hydrogen-bond acceptors (Lipinski definition) is 3. The SMILES string of the molecule is CCCCOC(=O)C=Cc1cccnc1. The van der Waals surface area contributed by atoms with Crippen LogP contribution < -0.4 is 0 Å². The summed E-state index contributed by atoms with van der Waals surface area (Å²) < 4.78 is 4.96. The van der Waals surface area contributed by atoms with Crippen molar-refractivity contribution in [1.82, 2.24) is 4.98 Å². The summed E-state index contributed by atoms with van der Waals surface area (Å²) in [6, 6.07) is 3.70. The summed E-state index contributed by atoms with van der Waals surface area (Å²) in [7, 11) is 0. The molecule has 0 aliphatic rings. The molecule has 80 valence electrons. The smallest absolute Gasteiger partial charge is 0.330 e. The van der Waals surface area contributed by atoms with E-state index in [2.05, 4.69) is 11.9 Å². The van der Waals surface area contributed by atoms with E-state index in [9.17, 15) is 4.79 Å². The normalized spacial score (nSPS) is 10.5. The van der Waals surface area contributed by atoms with Gasteiger partial charge in [0.1, 0.15) is 0 Å². The third kappa shape index (κ3) is 4.96. The molecule has 0 aliphatic carbocycles. The third-order valence-corrected chi connectivity index (χ3v) is 1.84. The molecule has 0 unspecified atom stereocenters. The molecule has 1 aromatic heterocycles. The fourth-order valence-electron chi connectivity index (χ4n) is 1.00. The molecule has 3 heteroatoms. The first-order valence-electron chi connectivity index (χ1n) is 5.08. The van der Waals surface area contributed by atoms with Gasteiger partial charge in [0.2, 0.25) is 0 Å². The lowest BCUT2D eigenvalue weighted by Crippen LogP contribution is -2.01. The van der Waals surface area contributed by atoms with Crippen molar-refractivity contribution in [3.8, 4) is 0 Å². The lowest BCUT2D eigenvalue weighted by atomic mass is 10.2. The monoisotopic (exact) mass is 205 g/mol. The molecule has 0 radical (unpaired) electrons. The average Bonchev–Trinajstić information content (AvgIpc) is 2.28. The maximum atomic E-state index is 11.2. The number of nitrogens with zero attached hydrogens (tertiary/aromatic N) is 1. The lowest BCUT2D eigenvalue weighted by Gasteiger charge is -1.98. The van der Waals surface area contributed by atoms with Gasteiger partial charge in [-0.15, -0.1) is 0 Å². The lowest BCUT2D eigenvalue weighted by molar-refractivity contribution is -0.137. The van der Waals surface area contributed by atoms with E-state index in [0.29, 0.717) is 6.61 Å². The van der Waals surface area contributed by atoms with Gasteiger partial charge in [-0.3, -0.25) is 4.98 Å². The van der Waals surface area contributed by atoms with Gasteiger partial charge in [0.05, 0.1) is 6.61 Å². The summed E-state index contributed by atoms with van der Waals surface area (Å²) in [5, 5.41) is 0. The molecule has 0 fully saturated rings. The standard InChI is InChI=1S/C12H15NO2/c1-2-3-9-15-12(14)7-6-11-5-4-8-13-10-11/h4-8,10H,2-3,9H2,1H3. The Morgan fingerprint density at radius 3 is 3.13 bits per heavy atom. The molecule has 1 aromatic rings. The third-order valence-electron chi connectivity index (χ3n) is 1.84. The molecule has 0 saturated carbocycles. The van der Waals surface area contributed by atoms with Gasteiger partial charge in [-0.05, 0) is 24.1 Å².